The van der Waals surface area contributed by atoms with Crippen LogP contribution in [-0.4, -0.2) is 21.4 Å². The Morgan fingerprint density at radius 3 is 2.90 bits per heavy atom. The smallest absolute Gasteiger partial charge is 0.295 e. The molecule has 2 aromatic heterocycles. The topological polar surface area (TPSA) is 81.0 Å². The normalized spacial score (nSPS) is 10.7. The van der Waals surface area contributed by atoms with Crippen LogP contribution in [-0.2, 0) is 6.42 Å². The zero-order valence-corrected chi connectivity index (χ0v) is 11.8. The Kier molecular flexibility index (Phi) is 3.74. The highest BCUT2D eigenvalue weighted by atomic mass is 32.1. The lowest BCUT2D eigenvalue weighted by Crippen LogP contribution is -2.05. The summed E-state index contributed by atoms with van der Waals surface area (Å²) in [5.74, 6) is 0. The first-order valence-electron chi connectivity index (χ1n) is 6.40. The summed E-state index contributed by atoms with van der Waals surface area (Å²) in [5, 5.41) is 18.1. The monoisotopic (exact) mass is 300 g/mol. The molecule has 0 atom stereocenters. The summed E-state index contributed by atoms with van der Waals surface area (Å²) in [6, 6.07) is 6.82. The molecule has 6 nitrogen and oxygen atoms in total. The molecular formula is C14H12N4O2S. The largest absolute Gasteiger partial charge is 0.384 e. The Balaban J connectivity index is 1.85. The lowest BCUT2D eigenvalue weighted by molar-refractivity contribution is -0.383. The molecular weight excluding hydrogens is 288 g/mol. The van der Waals surface area contributed by atoms with E-state index in [1.807, 2.05) is 11.4 Å². The van der Waals surface area contributed by atoms with Crippen molar-refractivity contribution in [3.05, 3.63) is 57.2 Å². The van der Waals surface area contributed by atoms with Crippen molar-refractivity contribution in [1.29, 1.82) is 0 Å². The van der Waals surface area contributed by atoms with E-state index >= 15 is 0 Å². The van der Waals surface area contributed by atoms with Gasteiger partial charge in [-0.2, -0.15) is 0 Å². The zero-order valence-electron chi connectivity index (χ0n) is 11.0. The molecule has 106 valence electrons. The molecule has 0 unspecified atom stereocenters. The molecule has 2 heterocycles. The Morgan fingerprint density at radius 1 is 1.24 bits per heavy atom. The van der Waals surface area contributed by atoms with Crippen molar-refractivity contribution >= 4 is 33.6 Å². The summed E-state index contributed by atoms with van der Waals surface area (Å²) in [6.45, 7) is 0.718. The van der Waals surface area contributed by atoms with E-state index in [1.165, 1.54) is 6.07 Å². The number of nitro groups is 1. The van der Waals surface area contributed by atoms with Gasteiger partial charge in [0.25, 0.3) is 5.69 Å². The van der Waals surface area contributed by atoms with E-state index in [2.05, 4.69) is 15.3 Å². The quantitative estimate of drug-likeness (QED) is 0.578. The van der Waals surface area contributed by atoms with Crippen molar-refractivity contribution in [2.75, 3.05) is 11.9 Å². The summed E-state index contributed by atoms with van der Waals surface area (Å²) in [6.07, 6.45) is 4.16. The Bertz CT molecular complexity index is 774. The van der Waals surface area contributed by atoms with Crippen LogP contribution in [0.2, 0.25) is 0 Å². The van der Waals surface area contributed by atoms with Crippen LogP contribution in [0.3, 0.4) is 0 Å². The van der Waals surface area contributed by atoms with Gasteiger partial charge in [-0.25, -0.2) is 9.97 Å². The van der Waals surface area contributed by atoms with Gasteiger partial charge in [0.2, 0.25) is 0 Å². The number of fused-ring (bicyclic) bond motifs is 1. The summed E-state index contributed by atoms with van der Waals surface area (Å²) in [7, 11) is 0. The molecule has 3 aromatic rings. The van der Waals surface area contributed by atoms with Gasteiger partial charge < -0.3 is 5.32 Å². The van der Waals surface area contributed by atoms with Gasteiger partial charge >= 0.3 is 0 Å². The number of rotatable bonds is 5. The molecule has 0 bridgehead atoms. The van der Waals surface area contributed by atoms with Crippen molar-refractivity contribution in [2.24, 2.45) is 0 Å². The highest BCUT2D eigenvalue weighted by Crippen LogP contribution is 2.29. The molecule has 21 heavy (non-hydrogen) atoms. The maximum absolute atomic E-state index is 11.0. The van der Waals surface area contributed by atoms with Crippen LogP contribution in [0.15, 0.2) is 42.0 Å². The number of nitrogens with one attached hydrogen (secondary N) is 1. The fourth-order valence-electron chi connectivity index (χ4n) is 2.14. The minimum Gasteiger partial charge on any atom is -0.384 e. The van der Waals surface area contributed by atoms with Crippen LogP contribution in [0.4, 0.5) is 11.4 Å². The highest BCUT2D eigenvalue weighted by Gasteiger charge is 2.14. The molecule has 0 spiro atoms. The molecule has 0 saturated carbocycles. The maximum atomic E-state index is 11.0. The van der Waals surface area contributed by atoms with Gasteiger partial charge in [0, 0.05) is 47.9 Å². The van der Waals surface area contributed by atoms with E-state index in [0.717, 1.165) is 29.0 Å². The first-order chi connectivity index (χ1) is 10.3. The molecule has 1 aromatic carbocycles. The average Bonchev–Trinajstić information content (AvgIpc) is 3.00. The van der Waals surface area contributed by atoms with Gasteiger partial charge in [-0.05, 0) is 18.2 Å². The van der Waals surface area contributed by atoms with E-state index in [-0.39, 0.29) is 5.69 Å². The summed E-state index contributed by atoms with van der Waals surface area (Å²) >= 11 is 1.62. The third-order valence-corrected chi connectivity index (χ3v) is 3.92. The van der Waals surface area contributed by atoms with Gasteiger partial charge in [-0.1, -0.05) is 0 Å². The molecule has 0 aliphatic carbocycles. The van der Waals surface area contributed by atoms with Crippen LogP contribution < -0.4 is 5.32 Å². The first-order valence-corrected chi connectivity index (χ1v) is 7.28. The van der Waals surface area contributed by atoms with Crippen molar-refractivity contribution in [3.63, 3.8) is 0 Å². The number of anilines is 1. The van der Waals surface area contributed by atoms with Gasteiger partial charge in [-0.15, -0.1) is 11.3 Å². The maximum Gasteiger partial charge on any atom is 0.295 e. The second-order valence-corrected chi connectivity index (χ2v) is 5.37. The van der Waals surface area contributed by atoms with Crippen LogP contribution >= 0.6 is 11.3 Å². The molecule has 0 radical (unpaired) electrons. The number of non-ortho nitro benzene ring substituents is 1. The Morgan fingerprint density at radius 2 is 2.14 bits per heavy atom. The van der Waals surface area contributed by atoms with E-state index in [9.17, 15) is 10.1 Å². The molecule has 0 saturated heterocycles. The number of pyridine rings is 1. The van der Waals surface area contributed by atoms with E-state index < -0.39 is 4.92 Å². The van der Waals surface area contributed by atoms with E-state index in [0.29, 0.717) is 5.52 Å². The van der Waals surface area contributed by atoms with Crippen molar-refractivity contribution in [3.8, 4) is 0 Å². The standard InChI is InChI=1S/C14H12N4O2S/c19-18(20)12-4-3-11(10-2-1-6-17-14(10)12)15-7-5-13-16-8-9-21-13/h1-4,6,8-9,15H,5,7H2. The van der Waals surface area contributed by atoms with Crippen LogP contribution in [0.1, 0.15) is 5.01 Å². The van der Waals surface area contributed by atoms with Gasteiger partial charge in [-0.3, -0.25) is 10.1 Å². The fourth-order valence-corrected chi connectivity index (χ4v) is 2.76. The first kappa shape index (κ1) is 13.4. The van der Waals surface area contributed by atoms with E-state index in [1.54, 1.807) is 35.9 Å². The molecule has 3 rings (SSSR count). The van der Waals surface area contributed by atoms with Crippen molar-refractivity contribution in [1.82, 2.24) is 9.97 Å². The predicted molar refractivity (Wildman–Crippen MR) is 82.7 cm³/mol. The number of aromatic nitrogens is 2. The number of benzene rings is 1. The summed E-state index contributed by atoms with van der Waals surface area (Å²) < 4.78 is 0. The van der Waals surface area contributed by atoms with Crippen molar-refractivity contribution < 1.29 is 4.92 Å². The molecule has 0 amide bonds. The molecule has 0 fully saturated rings. The minimum atomic E-state index is -0.408. The van der Waals surface area contributed by atoms with Crippen LogP contribution in [0.5, 0.6) is 0 Å². The Labute approximate surface area is 124 Å². The number of thiazole rings is 1. The zero-order chi connectivity index (χ0) is 14.7. The highest BCUT2D eigenvalue weighted by molar-refractivity contribution is 7.09. The number of nitro benzene ring substituents is 1. The second kappa shape index (κ2) is 5.84. The number of hydrogen-bond donors (Lipinski definition) is 1. The summed E-state index contributed by atoms with van der Waals surface area (Å²) in [5.41, 5.74) is 1.28. The van der Waals surface area contributed by atoms with Gasteiger partial charge in [0.15, 0.2) is 0 Å². The third-order valence-electron chi connectivity index (χ3n) is 3.08. The lowest BCUT2D eigenvalue weighted by atomic mass is 10.1. The SMILES string of the molecule is O=[N+]([O-])c1ccc(NCCc2nccs2)c2cccnc12. The molecule has 0 aliphatic heterocycles. The minimum absolute atomic E-state index is 0.0241. The molecule has 0 aliphatic rings. The van der Waals surface area contributed by atoms with Crippen molar-refractivity contribution in [2.45, 2.75) is 6.42 Å². The van der Waals surface area contributed by atoms with Crippen LogP contribution in [0, 0.1) is 10.1 Å². The Hall–Kier alpha value is -2.54. The van der Waals surface area contributed by atoms with E-state index in [4.69, 9.17) is 0 Å². The third kappa shape index (κ3) is 2.82. The predicted octanol–water partition coefficient (Wildman–Crippen LogP) is 3.25. The lowest BCUT2D eigenvalue weighted by Gasteiger charge is -2.08. The number of hydrogen-bond acceptors (Lipinski definition) is 6. The second-order valence-electron chi connectivity index (χ2n) is 4.39. The average molecular weight is 300 g/mol. The van der Waals surface area contributed by atoms with Gasteiger partial charge in [0.1, 0.15) is 5.52 Å². The van der Waals surface area contributed by atoms with Crippen LogP contribution in [0.25, 0.3) is 10.9 Å². The molecule has 1 N–H and O–H groups in total. The summed E-state index contributed by atoms with van der Waals surface area (Å²) in [4.78, 5) is 19.0. The van der Waals surface area contributed by atoms with Gasteiger partial charge in [0.05, 0.1) is 9.93 Å². The fraction of sp³-hybridized carbons (Fsp3) is 0.143. The molecule has 7 heteroatoms. The number of nitrogens with zero attached hydrogens (tertiary/aromatic N) is 3.